The fraction of sp³-hybridized carbons (Fsp3) is 0.857. The van der Waals surface area contributed by atoms with Crippen molar-refractivity contribution in [3.63, 3.8) is 0 Å². The van der Waals surface area contributed by atoms with Crippen LogP contribution in [0.3, 0.4) is 0 Å². The van der Waals surface area contributed by atoms with Gasteiger partial charge >= 0.3 is 125 Å². The van der Waals surface area contributed by atoms with E-state index in [9.17, 15) is 18.7 Å². The molecule has 2 N–H and O–H groups in total. The van der Waals surface area contributed by atoms with Crippen LogP contribution in [-0.4, -0.2) is 85.3 Å². The van der Waals surface area contributed by atoms with E-state index in [0.717, 1.165) is 33.3 Å². The summed E-state index contributed by atoms with van der Waals surface area (Å²) < 4.78 is 24.6. The van der Waals surface area contributed by atoms with E-state index >= 15 is 0 Å². The number of amides is 1. The summed E-state index contributed by atoms with van der Waals surface area (Å²) in [6.45, 7) is 2.73. The van der Waals surface area contributed by atoms with Crippen molar-refractivity contribution in [1.29, 1.82) is 0 Å². The zero-order chi connectivity index (χ0) is 16.8. The normalized spacial score (nSPS) is 29.7. The molecule has 0 aromatic heterocycles. The van der Waals surface area contributed by atoms with Crippen molar-refractivity contribution in [3.05, 3.63) is 0 Å². The first-order chi connectivity index (χ1) is 11.0. The zero-order valence-electron chi connectivity index (χ0n) is 13.1. The maximum atomic E-state index is 14.1. The maximum absolute atomic E-state index is 14.1. The third-order valence-electron chi connectivity index (χ3n) is 4.74. The standard InChI is InChI=1S/C14H23BFN3O4/c16-12-2-1-10(7-11(12)14(22)17-8-13(20)21)19-5-3-18(4-6-19)9-15-23/h10-12H,1-9H2,(H,17,22)(H,20,21). The van der Waals surface area contributed by atoms with Crippen LogP contribution >= 0.6 is 0 Å². The Morgan fingerprint density at radius 1 is 1.22 bits per heavy atom. The molecule has 128 valence electrons. The molecular formula is C14H23BFN3O4. The van der Waals surface area contributed by atoms with Gasteiger partial charge in [0, 0.05) is 0 Å². The summed E-state index contributed by atoms with van der Waals surface area (Å²) in [5.41, 5.74) is 0. The van der Waals surface area contributed by atoms with E-state index in [1.807, 2.05) is 0 Å². The Kier molecular flexibility index (Phi) is 6.65. The van der Waals surface area contributed by atoms with Gasteiger partial charge in [0.1, 0.15) is 0 Å². The van der Waals surface area contributed by atoms with E-state index < -0.39 is 30.5 Å². The number of carboxylic acids is 1. The molecule has 9 heteroatoms. The molecule has 1 amide bonds. The molecule has 1 aliphatic carbocycles. The number of carbonyl (C=O) groups is 2. The quantitative estimate of drug-likeness (QED) is 0.628. The number of rotatable bonds is 6. The number of halogens is 1. The molecule has 0 aromatic carbocycles. The predicted octanol–water partition coefficient (Wildman–Crippen LogP) is -0.681. The molecular weight excluding hydrogens is 304 g/mol. The Balaban J connectivity index is 1.86. The average molecular weight is 327 g/mol. The van der Waals surface area contributed by atoms with E-state index in [2.05, 4.69) is 15.1 Å². The van der Waals surface area contributed by atoms with Gasteiger partial charge < -0.3 is 5.11 Å². The number of nitrogens with one attached hydrogen (secondary N) is 1. The Morgan fingerprint density at radius 2 is 1.91 bits per heavy atom. The van der Waals surface area contributed by atoms with Crippen LogP contribution < -0.4 is 5.32 Å². The zero-order valence-corrected chi connectivity index (χ0v) is 13.1. The monoisotopic (exact) mass is 327 g/mol. The Bertz CT molecular complexity index is 446. The number of carbonyl (C=O) groups excluding carboxylic acids is 1. The number of hydrogen-bond donors (Lipinski definition) is 2. The molecule has 23 heavy (non-hydrogen) atoms. The molecule has 2 rings (SSSR count). The Morgan fingerprint density at radius 3 is 2.52 bits per heavy atom. The number of alkyl halides is 1. The SMILES string of the molecule is O=BCN1CCN(C2CCC(F)C(C(=O)NCC(=O)O)C2)CC1. The van der Waals surface area contributed by atoms with Gasteiger partial charge in [-0.05, 0) is 0 Å². The molecule has 0 bridgehead atoms. The van der Waals surface area contributed by atoms with Crippen molar-refractivity contribution in [2.75, 3.05) is 39.2 Å². The first kappa shape index (κ1) is 18.0. The number of piperazine rings is 1. The molecule has 1 saturated heterocycles. The Hall–Kier alpha value is -1.35. The van der Waals surface area contributed by atoms with Crippen LogP contribution in [-0.2, 0) is 14.3 Å². The van der Waals surface area contributed by atoms with Gasteiger partial charge in [-0.15, -0.1) is 0 Å². The van der Waals surface area contributed by atoms with Gasteiger partial charge in [0.25, 0.3) is 0 Å². The summed E-state index contributed by atoms with van der Waals surface area (Å²) in [6, 6.07) is 0.140. The summed E-state index contributed by atoms with van der Waals surface area (Å²) in [4.78, 5) is 26.8. The van der Waals surface area contributed by atoms with Crippen molar-refractivity contribution in [3.8, 4) is 0 Å². The van der Waals surface area contributed by atoms with Gasteiger partial charge in [0.15, 0.2) is 0 Å². The minimum atomic E-state index is -1.21. The molecule has 1 heterocycles. The number of nitrogens with zero attached hydrogens (tertiary/aromatic N) is 2. The van der Waals surface area contributed by atoms with Crippen molar-refractivity contribution in [2.45, 2.75) is 31.5 Å². The predicted molar refractivity (Wildman–Crippen MR) is 81.1 cm³/mol. The van der Waals surface area contributed by atoms with E-state index in [-0.39, 0.29) is 6.04 Å². The van der Waals surface area contributed by atoms with E-state index in [4.69, 9.17) is 5.11 Å². The second-order valence-electron chi connectivity index (χ2n) is 6.20. The van der Waals surface area contributed by atoms with Crippen LogP contribution in [0, 0.1) is 5.92 Å². The molecule has 3 unspecified atom stereocenters. The average Bonchev–Trinajstić information content (AvgIpc) is 2.54. The molecule has 0 radical (unpaired) electrons. The van der Waals surface area contributed by atoms with Gasteiger partial charge in [0.2, 0.25) is 0 Å². The van der Waals surface area contributed by atoms with E-state index in [1.165, 1.54) is 0 Å². The van der Waals surface area contributed by atoms with Gasteiger partial charge in [-0.1, -0.05) is 0 Å². The van der Waals surface area contributed by atoms with Crippen LogP contribution in [0.4, 0.5) is 4.39 Å². The summed E-state index contributed by atoms with van der Waals surface area (Å²) in [5, 5.41) is 10.9. The second kappa shape index (κ2) is 8.49. The van der Waals surface area contributed by atoms with E-state index in [1.54, 1.807) is 0 Å². The number of aliphatic carboxylic acids is 1. The molecule has 2 aliphatic rings. The first-order valence-corrected chi connectivity index (χ1v) is 8.05. The summed E-state index contributed by atoms with van der Waals surface area (Å²) in [5.74, 6) is -2.42. The third kappa shape index (κ3) is 5.07. The Labute approximate surface area is 135 Å². The van der Waals surface area contributed by atoms with E-state index in [0.29, 0.717) is 25.7 Å². The number of hydrogen-bond acceptors (Lipinski definition) is 5. The van der Waals surface area contributed by atoms with Gasteiger partial charge in [-0.2, -0.15) is 0 Å². The molecule has 3 atom stereocenters. The summed E-state index contributed by atoms with van der Waals surface area (Å²) in [6.07, 6.45) is 0.671. The molecule has 2 fully saturated rings. The molecule has 1 saturated carbocycles. The first-order valence-electron chi connectivity index (χ1n) is 8.05. The summed E-state index contributed by atoms with van der Waals surface area (Å²) in [7, 11) is 0.896. The van der Waals surface area contributed by atoms with Crippen molar-refractivity contribution in [1.82, 2.24) is 15.1 Å². The van der Waals surface area contributed by atoms with Crippen LogP contribution in [0.15, 0.2) is 0 Å². The van der Waals surface area contributed by atoms with Gasteiger partial charge in [0.05, 0.1) is 0 Å². The van der Waals surface area contributed by atoms with Gasteiger partial charge in [-0.25, -0.2) is 0 Å². The van der Waals surface area contributed by atoms with Crippen LogP contribution in [0.1, 0.15) is 19.3 Å². The molecule has 1 aliphatic heterocycles. The molecule has 0 aromatic rings. The second-order valence-corrected chi connectivity index (χ2v) is 6.20. The van der Waals surface area contributed by atoms with Crippen LogP contribution in [0.5, 0.6) is 0 Å². The number of carboxylic acid groups (broad SMARTS) is 1. The fourth-order valence-electron chi connectivity index (χ4n) is 3.42. The van der Waals surface area contributed by atoms with Crippen LogP contribution in [0.25, 0.3) is 0 Å². The van der Waals surface area contributed by atoms with Crippen LogP contribution in [0.2, 0.25) is 0 Å². The van der Waals surface area contributed by atoms with Crippen molar-refractivity contribution in [2.24, 2.45) is 5.92 Å². The van der Waals surface area contributed by atoms with Gasteiger partial charge in [-0.3, -0.25) is 4.79 Å². The third-order valence-corrected chi connectivity index (χ3v) is 4.74. The molecule has 7 nitrogen and oxygen atoms in total. The summed E-state index contributed by atoms with van der Waals surface area (Å²) >= 11 is 0. The topological polar surface area (TPSA) is 90.0 Å². The van der Waals surface area contributed by atoms with Crippen molar-refractivity contribution < 1.29 is 23.8 Å². The van der Waals surface area contributed by atoms with Crippen molar-refractivity contribution >= 4 is 19.0 Å². The minimum absolute atomic E-state index is 0.140. The molecule has 0 spiro atoms. The fourth-order valence-corrected chi connectivity index (χ4v) is 3.42.